The van der Waals surface area contributed by atoms with Crippen LogP contribution in [0, 0.1) is 22.6 Å². The lowest BCUT2D eigenvalue weighted by atomic mass is 9.75. The number of pyridine rings is 1. The van der Waals surface area contributed by atoms with Gasteiger partial charge in [0.05, 0.1) is 52.2 Å². The first-order valence-electron chi connectivity index (χ1n) is 15.3. The number of benzene rings is 1. The molecule has 2 aliphatic carbocycles. The van der Waals surface area contributed by atoms with Crippen molar-refractivity contribution in [3.8, 4) is 23.3 Å². The number of rotatable bonds is 10. The Bertz CT molecular complexity index is 1830. The van der Waals surface area contributed by atoms with Crippen molar-refractivity contribution in [3.05, 3.63) is 35.8 Å². The van der Waals surface area contributed by atoms with Crippen molar-refractivity contribution in [3.63, 3.8) is 0 Å². The van der Waals surface area contributed by atoms with Gasteiger partial charge in [0, 0.05) is 47.7 Å². The second-order valence-corrected chi connectivity index (χ2v) is 14.2. The van der Waals surface area contributed by atoms with Gasteiger partial charge in [0.2, 0.25) is 0 Å². The number of thiophene rings is 1. The third-order valence-electron chi connectivity index (χ3n) is 10.4. The highest BCUT2D eigenvalue weighted by Gasteiger charge is 2.53. The van der Waals surface area contributed by atoms with Crippen LogP contribution >= 0.6 is 11.3 Å². The second-order valence-electron chi connectivity index (χ2n) is 13.2. The summed E-state index contributed by atoms with van der Waals surface area (Å²) in [5.41, 5.74) is 8.44. The Morgan fingerprint density at radius 3 is 2.75 bits per heavy atom. The van der Waals surface area contributed by atoms with Crippen LogP contribution in [0.25, 0.3) is 32.2 Å². The Hall–Kier alpha value is -3.63. The van der Waals surface area contributed by atoms with Gasteiger partial charge < -0.3 is 25.4 Å². The van der Waals surface area contributed by atoms with Crippen LogP contribution in [-0.2, 0) is 4.74 Å². The first-order chi connectivity index (χ1) is 21.3. The van der Waals surface area contributed by atoms with E-state index in [1.807, 2.05) is 6.07 Å². The molecule has 4 aromatic rings. The molecule has 228 valence electrons. The molecule has 0 radical (unpaired) electrons. The van der Waals surface area contributed by atoms with E-state index in [9.17, 15) is 9.65 Å². The van der Waals surface area contributed by atoms with Gasteiger partial charge in [0.1, 0.15) is 22.7 Å². The van der Waals surface area contributed by atoms with Crippen molar-refractivity contribution in [2.75, 3.05) is 58.0 Å². The number of likely N-dealkylation sites (tertiary alicyclic amines) is 1. The lowest BCUT2D eigenvalue weighted by molar-refractivity contribution is -0.218. The van der Waals surface area contributed by atoms with Gasteiger partial charge in [-0.3, -0.25) is 9.88 Å². The number of halogens is 1. The summed E-state index contributed by atoms with van der Waals surface area (Å²) in [6, 6.07) is 7.96. The van der Waals surface area contributed by atoms with Gasteiger partial charge in [-0.25, -0.2) is 4.39 Å². The van der Waals surface area contributed by atoms with Gasteiger partial charge in [-0.15, -0.1) is 11.3 Å². The van der Waals surface area contributed by atoms with Gasteiger partial charge in [-0.1, -0.05) is 0 Å². The quantitative estimate of drug-likeness (QED) is 0.261. The van der Waals surface area contributed by atoms with Crippen LogP contribution < -0.4 is 15.8 Å². The van der Waals surface area contributed by atoms with Gasteiger partial charge in [-0.05, 0) is 64.4 Å². The molecule has 1 aromatic carbocycles. The minimum atomic E-state index is -0.411. The number of ether oxygens (including phenoxy) is 2. The number of nitrogens with zero attached hydrogens (tertiary/aromatic N) is 6. The van der Waals surface area contributed by atoms with Crippen LogP contribution in [0.2, 0.25) is 0 Å². The van der Waals surface area contributed by atoms with Crippen molar-refractivity contribution >= 4 is 43.1 Å². The average Bonchev–Trinajstić information content (AvgIpc) is 3.66. The fourth-order valence-corrected chi connectivity index (χ4v) is 7.85. The third kappa shape index (κ3) is 4.48. The van der Waals surface area contributed by atoms with Crippen LogP contribution in [0.5, 0.6) is 6.01 Å². The van der Waals surface area contributed by atoms with Crippen LogP contribution in [0.1, 0.15) is 37.7 Å². The molecule has 0 spiro atoms. The molecule has 12 heteroatoms. The highest BCUT2D eigenvalue weighted by molar-refractivity contribution is 7.23. The van der Waals surface area contributed by atoms with E-state index in [4.69, 9.17) is 30.2 Å². The summed E-state index contributed by atoms with van der Waals surface area (Å²) in [5, 5.41) is 15.0. The Morgan fingerprint density at radius 1 is 1.27 bits per heavy atom. The molecule has 3 N–H and O–H groups in total. The highest BCUT2D eigenvalue weighted by atomic mass is 32.1. The van der Waals surface area contributed by atoms with E-state index in [1.165, 1.54) is 12.5 Å². The summed E-state index contributed by atoms with van der Waals surface area (Å²) >= 11 is 1.08. The average molecular weight is 615 g/mol. The summed E-state index contributed by atoms with van der Waals surface area (Å²) in [7, 11) is 4.26. The van der Waals surface area contributed by atoms with Crippen molar-refractivity contribution in [1.82, 2.24) is 24.8 Å². The summed E-state index contributed by atoms with van der Waals surface area (Å²) in [4.78, 5) is 19.3. The third-order valence-corrected chi connectivity index (χ3v) is 11.4. The molecular weight excluding hydrogens is 579 g/mol. The van der Waals surface area contributed by atoms with Crippen LogP contribution in [0.15, 0.2) is 24.4 Å². The van der Waals surface area contributed by atoms with E-state index in [1.54, 1.807) is 12.3 Å². The summed E-state index contributed by atoms with van der Waals surface area (Å²) in [5.74, 6) is 0.270. The fourth-order valence-electron chi connectivity index (χ4n) is 6.90. The molecule has 2 atom stereocenters. The zero-order valence-corrected chi connectivity index (χ0v) is 25.7. The molecule has 3 aromatic heterocycles. The van der Waals surface area contributed by atoms with Gasteiger partial charge >= 0.3 is 6.01 Å². The predicted octanol–water partition coefficient (Wildman–Crippen LogP) is 4.64. The van der Waals surface area contributed by atoms with E-state index >= 15 is 0 Å². The number of nitriles is 1. The molecule has 2 saturated carbocycles. The number of morpholine rings is 1. The molecule has 2 aliphatic heterocycles. The molecule has 1 unspecified atom stereocenters. The van der Waals surface area contributed by atoms with E-state index < -0.39 is 5.82 Å². The fraction of sp³-hybridized carbons (Fsp3) is 0.500. The Kier molecular flexibility index (Phi) is 6.47. The normalized spacial score (nSPS) is 23.0. The predicted molar refractivity (Wildman–Crippen MR) is 168 cm³/mol. The zero-order valence-electron chi connectivity index (χ0n) is 24.9. The first-order valence-corrected chi connectivity index (χ1v) is 16.1. The number of nitrogen functional groups attached to an aromatic ring is 1. The number of aromatic nitrogens is 3. The standard InChI is InChI=1S/C32H35FN8O2S/c1-40(2)32(6-3-7-32)15-37-29-20-12-36-22(18-4-5-21(33)27-26(18)19(11-34)28(35)44-27)10-23(20)38-30(39-29)43-17-31(8-9-31)16-41-13-25-24(41)14-42-25/h4-5,10,12,24-25H,3,6-9,13-17,35H2,1-2H3,(H,37,38,39)/t24-,25?/m1/s1. The molecule has 0 amide bonds. The maximum Gasteiger partial charge on any atom is 0.318 e. The van der Waals surface area contributed by atoms with Gasteiger partial charge in [-0.2, -0.15) is 15.2 Å². The van der Waals surface area contributed by atoms with E-state index in [0.717, 1.165) is 68.6 Å². The lowest BCUT2D eigenvalue weighted by Crippen LogP contribution is -2.71. The molecule has 10 nitrogen and oxygen atoms in total. The number of anilines is 2. The smallest absolute Gasteiger partial charge is 0.318 e. The molecule has 8 rings (SSSR count). The number of hydrogen-bond acceptors (Lipinski definition) is 11. The number of nitrogens with two attached hydrogens (primary N) is 1. The minimum Gasteiger partial charge on any atom is -0.463 e. The summed E-state index contributed by atoms with van der Waals surface area (Å²) in [6.45, 7) is 4.17. The monoisotopic (exact) mass is 614 g/mol. The Morgan fingerprint density at radius 2 is 2.11 bits per heavy atom. The molecule has 4 fully saturated rings. The number of hydrogen-bond donors (Lipinski definition) is 2. The largest absolute Gasteiger partial charge is 0.463 e. The molecule has 5 heterocycles. The van der Waals surface area contributed by atoms with E-state index in [-0.39, 0.29) is 21.5 Å². The van der Waals surface area contributed by atoms with Crippen LogP contribution in [0.3, 0.4) is 0 Å². The van der Waals surface area contributed by atoms with Crippen LogP contribution in [-0.4, -0.2) is 89.4 Å². The Labute approximate surface area is 259 Å². The highest BCUT2D eigenvalue weighted by Crippen LogP contribution is 2.49. The minimum absolute atomic E-state index is 0.0797. The number of fused-ring (bicyclic) bond motifs is 3. The lowest BCUT2D eigenvalue weighted by Gasteiger charge is -2.55. The van der Waals surface area contributed by atoms with Crippen molar-refractivity contribution < 1.29 is 13.9 Å². The topological polar surface area (TPSA) is 125 Å². The second kappa shape index (κ2) is 10.2. The first kappa shape index (κ1) is 27.9. The summed E-state index contributed by atoms with van der Waals surface area (Å²) in [6.07, 6.45) is 7.89. The summed E-state index contributed by atoms with van der Waals surface area (Å²) < 4.78 is 27.0. The molecular formula is C32H35FN8O2S. The van der Waals surface area contributed by atoms with E-state index in [2.05, 4.69) is 35.3 Å². The zero-order chi connectivity index (χ0) is 30.2. The van der Waals surface area contributed by atoms with Crippen molar-refractivity contribution in [2.24, 2.45) is 5.41 Å². The maximum atomic E-state index is 14.7. The van der Waals surface area contributed by atoms with Crippen molar-refractivity contribution in [2.45, 2.75) is 49.8 Å². The molecule has 44 heavy (non-hydrogen) atoms. The van der Waals surface area contributed by atoms with Gasteiger partial charge in [0.15, 0.2) is 0 Å². The molecule has 0 bridgehead atoms. The number of likely N-dealkylation sites (N-methyl/N-ethyl adjacent to an activating group) is 1. The Balaban J connectivity index is 1.14. The van der Waals surface area contributed by atoms with Crippen molar-refractivity contribution in [1.29, 1.82) is 5.26 Å². The maximum absolute atomic E-state index is 14.7. The van der Waals surface area contributed by atoms with Crippen LogP contribution in [0.4, 0.5) is 15.2 Å². The van der Waals surface area contributed by atoms with Gasteiger partial charge in [0.25, 0.3) is 0 Å². The molecule has 4 aliphatic rings. The molecule has 2 saturated heterocycles. The SMILES string of the molecule is CN(C)C1(CNc2nc(OCC3(CN4CC5OC[C@H]54)CC3)nc3cc(-c4ccc(F)c5sc(N)c(C#N)c45)ncc23)CCC1. The van der Waals surface area contributed by atoms with E-state index in [0.29, 0.717) is 57.4 Å². The number of nitrogens with one attached hydrogen (secondary N) is 1.